The lowest BCUT2D eigenvalue weighted by molar-refractivity contribution is -1.23. The number of rotatable bonds is 13. The number of quaternary nitrogens is 1. The van der Waals surface area contributed by atoms with Gasteiger partial charge in [0.25, 0.3) is 0 Å². The second-order valence-electron chi connectivity index (χ2n) is 5.70. The maximum Gasteiger partial charge on any atom is 0.141 e. The molecule has 0 fully saturated rings. The van der Waals surface area contributed by atoms with Crippen molar-refractivity contribution < 1.29 is 19.9 Å². The molecule has 0 unspecified atom stereocenters. The summed E-state index contributed by atoms with van der Waals surface area (Å²) in [6, 6.07) is 0. The SMILES string of the molecule is CCCCCCCCCCCCCC[N+](C)(O)O.[F-]. The molecular weight excluding hydrogens is 245 g/mol. The van der Waals surface area contributed by atoms with Crippen LogP contribution in [0.15, 0.2) is 0 Å². The highest BCUT2D eigenvalue weighted by molar-refractivity contribution is 4.48. The number of unbranched alkanes of at least 4 members (excludes halogenated alkanes) is 11. The molecule has 0 radical (unpaired) electrons. The molecule has 0 aliphatic heterocycles. The van der Waals surface area contributed by atoms with Crippen molar-refractivity contribution in [2.75, 3.05) is 13.6 Å². The van der Waals surface area contributed by atoms with Crippen molar-refractivity contribution in [2.45, 2.75) is 84.0 Å². The second kappa shape index (κ2) is 14.2. The monoisotopic (exact) mass is 279 g/mol. The van der Waals surface area contributed by atoms with Crippen LogP contribution in [0, 0.1) is 0 Å². The van der Waals surface area contributed by atoms with Gasteiger partial charge >= 0.3 is 0 Å². The minimum Gasteiger partial charge on any atom is -1.00 e. The van der Waals surface area contributed by atoms with E-state index < -0.39 is 4.81 Å². The summed E-state index contributed by atoms with van der Waals surface area (Å²) in [5.41, 5.74) is 0. The largest absolute Gasteiger partial charge is 1.00 e. The molecular formula is C15H34FNO2. The zero-order valence-corrected chi connectivity index (χ0v) is 12.9. The first-order chi connectivity index (χ1) is 8.56. The molecule has 0 aliphatic carbocycles. The highest BCUT2D eigenvalue weighted by Crippen LogP contribution is 2.12. The van der Waals surface area contributed by atoms with E-state index in [9.17, 15) is 0 Å². The fourth-order valence-corrected chi connectivity index (χ4v) is 2.25. The number of hydroxylamine groups is 4. The number of halogens is 1. The minimum atomic E-state index is -0.877. The van der Waals surface area contributed by atoms with Gasteiger partial charge in [0.05, 0.1) is 0 Å². The van der Waals surface area contributed by atoms with E-state index in [1.54, 1.807) is 0 Å². The minimum absolute atomic E-state index is 0. The molecule has 0 saturated carbocycles. The molecule has 3 nitrogen and oxygen atoms in total. The zero-order valence-electron chi connectivity index (χ0n) is 12.9. The second-order valence-corrected chi connectivity index (χ2v) is 5.70. The summed E-state index contributed by atoms with van der Waals surface area (Å²) in [7, 11) is 1.40. The predicted molar refractivity (Wildman–Crippen MR) is 75.7 cm³/mol. The van der Waals surface area contributed by atoms with E-state index in [0.29, 0.717) is 6.54 Å². The quantitative estimate of drug-likeness (QED) is 0.307. The summed E-state index contributed by atoms with van der Waals surface area (Å²) in [6.45, 7) is 2.70. The van der Waals surface area contributed by atoms with Crippen molar-refractivity contribution in [1.82, 2.24) is 0 Å². The van der Waals surface area contributed by atoms with Gasteiger partial charge in [-0.15, -0.1) is 0 Å². The van der Waals surface area contributed by atoms with Crippen LogP contribution < -0.4 is 4.70 Å². The summed E-state index contributed by atoms with van der Waals surface area (Å²) in [4.78, 5) is -0.877. The molecule has 0 spiro atoms. The number of hydrogen-bond donors (Lipinski definition) is 2. The van der Waals surface area contributed by atoms with Crippen molar-refractivity contribution >= 4 is 0 Å². The maximum atomic E-state index is 9.07. The molecule has 2 N–H and O–H groups in total. The van der Waals surface area contributed by atoms with Crippen molar-refractivity contribution in [3.63, 3.8) is 0 Å². The van der Waals surface area contributed by atoms with Crippen LogP contribution in [0.4, 0.5) is 0 Å². The average molecular weight is 279 g/mol. The van der Waals surface area contributed by atoms with Gasteiger partial charge in [-0.05, 0) is 6.42 Å². The fraction of sp³-hybridized carbons (Fsp3) is 1.00. The Hall–Kier alpha value is -0.190. The highest BCUT2D eigenvalue weighted by atomic mass is 19.0. The number of nitrogens with zero attached hydrogens (tertiary/aromatic N) is 1. The summed E-state index contributed by atoms with van der Waals surface area (Å²) in [5, 5.41) is 18.1. The lowest BCUT2D eigenvalue weighted by Gasteiger charge is -2.14. The Balaban J connectivity index is 0. The maximum absolute atomic E-state index is 9.07. The zero-order chi connectivity index (χ0) is 13.7. The van der Waals surface area contributed by atoms with Gasteiger partial charge in [-0.25, -0.2) is 0 Å². The van der Waals surface area contributed by atoms with Crippen molar-refractivity contribution in [3.05, 3.63) is 0 Å². The topological polar surface area (TPSA) is 40.5 Å². The van der Waals surface area contributed by atoms with Crippen LogP contribution in [0.25, 0.3) is 0 Å². The van der Waals surface area contributed by atoms with Gasteiger partial charge in [-0.2, -0.15) is 10.4 Å². The molecule has 0 amide bonds. The standard InChI is InChI=1S/C15H34NO2.FH/c1-3-4-5-6-7-8-9-10-11-12-13-14-15-16(2,17)18;/h17-18H,3-15H2,1-2H3;1H/q+1;/p-1. The van der Waals surface area contributed by atoms with E-state index in [1.807, 2.05) is 0 Å². The molecule has 0 aliphatic rings. The normalized spacial score (nSPS) is 11.4. The van der Waals surface area contributed by atoms with Crippen LogP contribution in [-0.4, -0.2) is 28.8 Å². The number of hydrogen-bond acceptors (Lipinski definition) is 2. The molecule has 0 bridgehead atoms. The van der Waals surface area contributed by atoms with Crippen LogP contribution in [-0.2, 0) is 0 Å². The first-order valence-electron chi connectivity index (χ1n) is 7.87. The predicted octanol–water partition coefficient (Wildman–Crippen LogP) is 1.92. The third-order valence-corrected chi connectivity index (χ3v) is 3.44. The van der Waals surface area contributed by atoms with Gasteiger partial charge in [0.15, 0.2) is 0 Å². The summed E-state index contributed by atoms with van der Waals surface area (Å²) < 4.78 is 0. The van der Waals surface area contributed by atoms with Crippen LogP contribution in [0.3, 0.4) is 0 Å². The lowest BCUT2D eigenvalue weighted by Crippen LogP contribution is -3.00. The Labute approximate surface area is 118 Å². The molecule has 0 aromatic heterocycles. The summed E-state index contributed by atoms with van der Waals surface area (Å²) in [6.07, 6.45) is 15.6. The van der Waals surface area contributed by atoms with Gasteiger partial charge in [-0.1, -0.05) is 75.9 Å². The molecule has 0 aromatic rings. The molecule has 0 rings (SSSR count). The van der Waals surface area contributed by atoms with Crippen LogP contribution in [0.2, 0.25) is 0 Å². The Bertz CT molecular complexity index is 172. The molecule has 118 valence electrons. The Morgan fingerprint density at radius 1 is 0.632 bits per heavy atom. The molecule has 0 aromatic carbocycles. The van der Waals surface area contributed by atoms with Crippen molar-refractivity contribution in [2.24, 2.45) is 0 Å². The van der Waals surface area contributed by atoms with E-state index in [-0.39, 0.29) is 4.70 Å². The molecule has 4 heteroatoms. The molecule has 0 atom stereocenters. The van der Waals surface area contributed by atoms with Gasteiger partial charge in [-0.3, -0.25) is 0 Å². The van der Waals surface area contributed by atoms with E-state index >= 15 is 0 Å². The molecule has 0 heterocycles. The van der Waals surface area contributed by atoms with Gasteiger partial charge in [0.1, 0.15) is 13.6 Å². The van der Waals surface area contributed by atoms with Crippen LogP contribution in [0.1, 0.15) is 84.0 Å². The third-order valence-electron chi connectivity index (χ3n) is 3.44. The van der Waals surface area contributed by atoms with Gasteiger partial charge in [0.2, 0.25) is 0 Å². The Morgan fingerprint density at radius 3 is 1.26 bits per heavy atom. The fourth-order valence-electron chi connectivity index (χ4n) is 2.25. The lowest BCUT2D eigenvalue weighted by atomic mass is 10.1. The first-order valence-corrected chi connectivity index (χ1v) is 7.87. The van der Waals surface area contributed by atoms with Crippen LogP contribution >= 0.6 is 0 Å². The smallest absolute Gasteiger partial charge is 0.141 e. The Morgan fingerprint density at radius 2 is 0.947 bits per heavy atom. The Kier molecular flexibility index (Phi) is 15.8. The molecule has 0 saturated heterocycles. The highest BCUT2D eigenvalue weighted by Gasteiger charge is 2.12. The van der Waals surface area contributed by atoms with Crippen molar-refractivity contribution in [3.8, 4) is 0 Å². The summed E-state index contributed by atoms with van der Waals surface area (Å²) >= 11 is 0. The van der Waals surface area contributed by atoms with Crippen LogP contribution in [0.5, 0.6) is 0 Å². The first kappa shape index (κ1) is 21.1. The average Bonchev–Trinajstić information content (AvgIpc) is 2.29. The van der Waals surface area contributed by atoms with E-state index in [2.05, 4.69) is 6.92 Å². The van der Waals surface area contributed by atoms with Crippen molar-refractivity contribution in [1.29, 1.82) is 0 Å². The van der Waals surface area contributed by atoms with E-state index in [4.69, 9.17) is 10.4 Å². The van der Waals surface area contributed by atoms with E-state index in [0.717, 1.165) is 12.8 Å². The van der Waals surface area contributed by atoms with Gasteiger partial charge in [0, 0.05) is 6.42 Å². The van der Waals surface area contributed by atoms with E-state index in [1.165, 1.54) is 71.3 Å². The third kappa shape index (κ3) is 20.3. The summed E-state index contributed by atoms with van der Waals surface area (Å²) in [5.74, 6) is 0. The molecule has 19 heavy (non-hydrogen) atoms. The van der Waals surface area contributed by atoms with Gasteiger partial charge < -0.3 is 4.70 Å².